The Morgan fingerprint density at radius 1 is 1.23 bits per heavy atom. The number of hydrogen-bond acceptors (Lipinski definition) is 7. The SMILES string of the molecule is C[C@@]1(C2CC2)NC(=O)N(CC(=O)OCC(=O)N2N=C(c3ccc(Cl)cc3)C[C@H]2c2ccco2)C1=O. The maximum absolute atomic E-state index is 13.0. The highest BCUT2D eigenvalue weighted by molar-refractivity contribution is 6.30. The van der Waals surface area contributed by atoms with Crippen LogP contribution < -0.4 is 5.32 Å². The van der Waals surface area contributed by atoms with Crippen LogP contribution in [0.5, 0.6) is 0 Å². The van der Waals surface area contributed by atoms with Crippen molar-refractivity contribution in [2.24, 2.45) is 11.0 Å². The fraction of sp³-hybridized carbons (Fsp3) is 0.375. The molecular weight excluding hydrogens is 476 g/mol. The fourth-order valence-corrected chi connectivity index (χ4v) is 4.57. The number of hydrogen-bond donors (Lipinski definition) is 1. The van der Waals surface area contributed by atoms with Crippen molar-refractivity contribution in [2.75, 3.05) is 13.2 Å². The molecule has 2 fully saturated rings. The molecule has 1 aliphatic carbocycles. The number of carbonyl (C=O) groups is 4. The van der Waals surface area contributed by atoms with Gasteiger partial charge in [0.05, 0.1) is 12.0 Å². The standard InChI is InChI=1S/C24H23ClN4O6/c1-24(15-6-7-15)22(32)28(23(33)26-24)12-21(31)35-13-20(30)29-18(19-3-2-10-34-19)11-17(27-29)14-4-8-16(25)9-5-14/h2-5,8-10,15,18H,6-7,11-13H2,1H3,(H,26,33)/t18-,24-/m0/s1. The Morgan fingerprint density at radius 2 is 1.97 bits per heavy atom. The number of esters is 1. The van der Waals surface area contributed by atoms with Crippen LogP contribution >= 0.6 is 11.6 Å². The van der Waals surface area contributed by atoms with Gasteiger partial charge in [-0.1, -0.05) is 23.7 Å². The molecule has 1 aromatic heterocycles. The Bertz CT molecular complexity index is 1210. The van der Waals surface area contributed by atoms with E-state index < -0.39 is 48.5 Å². The molecule has 182 valence electrons. The maximum atomic E-state index is 13.0. The predicted molar refractivity (Wildman–Crippen MR) is 123 cm³/mol. The minimum absolute atomic E-state index is 0.0722. The summed E-state index contributed by atoms with van der Waals surface area (Å²) in [6.45, 7) is 0.496. The summed E-state index contributed by atoms with van der Waals surface area (Å²) in [6.07, 6.45) is 3.60. The number of nitrogens with zero attached hydrogens (tertiary/aromatic N) is 3. The molecule has 1 saturated carbocycles. The molecule has 4 amide bonds. The minimum Gasteiger partial charge on any atom is -0.467 e. The summed E-state index contributed by atoms with van der Waals surface area (Å²) in [6, 6.07) is 9.39. The van der Waals surface area contributed by atoms with Crippen LogP contribution in [0.1, 0.15) is 43.6 Å². The summed E-state index contributed by atoms with van der Waals surface area (Å²) in [5.41, 5.74) is 0.461. The van der Waals surface area contributed by atoms with Gasteiger partial charge in [-0.25, -0.2) is 9.80 Å². The first-order valence-electron chi connectivity index (χ1n) is 11.2. The number of imide groups is 1. The van der Waals surface area contributed by atoms with E-state index in [2.05, 4.69) is 10.4 Å². The molecule has 3 heterocycles. The van der Waals surface area contributed by atoms with Crippen molar-refractivity contribution >= 4 is 41.1 Å². The van der Waals surface area contributed by atoms with Crippen LogP contribution in [0.2, 0.25) is 5.02 Å². The first-order chi connectivity index (χ1) is 16.8. The summed E-state index contributed by atoms with van der Waals surface area (Å²) < 4.78 is 10.6. The van der Waals surface area contributed by atoms with Gasteiger partial charge in [-0.05, 0) is 55.5 Å². The van der Waals surface area contributed by atoms with Crippen LogP contribution in [-0.4, -0.2) is 58.1 Å². The number of hydrazone groups is 1. The lowest BCUT2D eigenvalue weighted by Gasteiger charge is -2.21. The number of benzene rings is 1. The number of rotatable bonds is 7. The first-order valence-corrected chi connectivity index (χ1v) is 11.6. The van der Waals surface area contributed by atoms with E-state index in [4.69, 9.17) is 20.8 Å². The summed E-state index contributed by atoms with van der Waals surface area (Å²) >= 11 is 5.97. The Hall–Kier alpha value is -3.66. The zero-order chi connectivity index (χ0) is 24.7. The van der Waals surface area contributed by atoms with Crippen molar-refractivity contribution < 1.29 is 28.3 Å². The van der Waals surface area contributed by atoms with Crippen molar-refractivity contribution in [3.05, 3.63) is 59.0 Å². The molecule has 1 aromatic carbocycles. The van der Waals surface area contributed by atoms with Gasteiger partial charge in [0.15, 0.2) is 6.61 Å². The average Bonchev–Trinajstić information content (AvgIpc) is 3.30. The van der Waals surface area contributed by atoms with E-state index in [0.29, 0.717) is 22.9 Å². The van der Waals surface area contributed by atoms with Crippen molar-refractivity contribution in [3.63, 3.8) is 0 Å². The van der Waals surface area contributed by atoms with Crippen molar-refractivity contribution in [1.82, 2.24) is 15.2 Å². The van der Waals surface area contributed by atoms with Crippen LogP contribution in [0.4, 0.5) is 4.79 Å². The Kier molecular flexibility index (Phi) is 5.84. The third kappa shape index (κ3) is 4.41. The second-order valence-corrected chi connectivity index (χ2v) is 9.42. The molecule has 1 saturated heterocycles. The molecule has 35 heavy (non-hydrogen) atoms. The Balaban J connectivity index is 1.24. The summed E-state index contributed by atoms with van der Waals surface area (Å²) in [7, 11) is 0. The zero-order valence-corrected chi connectivity index (χ0v) is 19.7. The molecular formula is C24H23ClN4O6. The van der Waals surface area contributed by atoms with Gasteiger partial charge in [0.1, 0.15) is 23.9 Å². The average molecular weight is 499 g/mol. The number of carbonyl (C=O) groups excluding carboxylic acids is 4. The third-order valence-electron chi connectivity index (χ3n) is 6.55. The van der Waals surface area contributed by atoms with Gasteiger partial charge in [-0.3, -0.25) is 19.3 Å². The highest BCUT2D eigenvalue weighted by Gasteiger charge is 2.56. The van der Waals surface area contributed by atoms with Crippen LogP contribution in [0.15, 0.2) is 52.2 Å². The zero-order valence-electron chi connectivity index (χ0n) is 18.9. The quantitative estimate of drug-likeness (QED) is 0.462. The molecule has 5 rings (SSSR count). The number of urea groups is 1. The summed E-state index contributed by atoms with van der Waals surface area (Å²) in [5, 5.41) is 8.93. The lowest BCUT2D eigenvalue weighted by Crippen LogP contribution is -2.46. The van der Waals surface area contributed by atoms with E-state index in [-0.39, 0.29) is 5.92 Å². The molecule has 0 spiro atoms. The monoisotopic (exact) mass is 498 g/mol. The molecule has 0 unspecified atom stereocenters. The molecule has 3 aliphatic rings. The first kappa shape index (κ1) is 23.1. The van der Waals surface area contributed by atoms with Gasteiger partial charge < -0.3 is 14.5 Å². The normalized spacial score (nSPS) is 23.9. The second-order valence-electron chi connectivity index (χ2n) is 8.99. The van der Waals surface area contributed by atoms with Crippen LogP contribution in [0, 0.1) is 5.92 Å². The molecule has 0 radical (unpaired) electrons. The van der Waals surface area contributed by atoms with Crippen LogP contribution in [0.3, 0.4) is 0 Å². The number of amides is 4. The van der Waals surface area contributed by atoms with Crippen molar-refractivity contribution in [1.29, 1.82) is 0 Å². The topological polar surface area (TPSA) is 122 Å². The van der Waals surface area contributed by atoms with Gasteiger partial charge >= 0.3 is 12.0 Å². The number of ether oxygens (including phenoxy) is 1. The van der Waals surface area contributed by atoms with Crippen LogP contribution in [-0.2, 0) is 19.1 Å². The van der Waals surface area contributed by atoms with E-state index in [9.17, 15) is 19.2 Å². The third-order valence-corrected chi connectivity index (χ3v) is 6.81. The van der Waals surface area contributed by atoms with E-state index in [0.717, 1.165) is 23.3 Å². The van der Waals surface area contributed by atoms with Gasteiger partial charge in [-0.15, -0.1) is 0 Å². The Labute approximate surface area is 205 Å². The van der Waals surface area contributed by atoms with E-state index in [1.807, 2.05) is 12.1 Å². The fourth-order valence-electron chi connectivity index (χ4n) is 4.44. The largest absolute Gasteiger partial charge is 0.467 e. The minimum atomic E-state index is -0.994. The predicted octanol–water partition coefficient (Wildman–Crippen LogP) is 2.87. The molecule has 10 nitrogen and oxygen atoms in total. The summed E-state index contributed by atoms with van der Waals surface area (Å²) in [4.78, 5) is 51.2. The Morgan fingerprint density at radius 3 is 2.63 bits per heavy atom. The molecule has 11 heteroatoms. The van der Waals surface area contributed by atoms with Gasteiger partial charge in [0.25, 0.3) is 11.8 Å². The highest BCUT2D eigenvalue weighted by Crippen LogP contribution is 2.42. The van der Waals surface area contributed by atoms with Gasteiger partial charge in [0.2, 0.25) is 0 Å². The maximum Gasteiger partial charge on any atom is 0.326 e. The lowest BCUT2D eigenvalue weighted by molar-refractivity contribution is -0.154. The highest BCUT2D eigenvalue weighted by atomic mass is 35.5. The van der Waals surface area contributed by atoms with E-state index in [1.165, 1.54) is 11.3 Å². The lowest BCUT2D eigenvalue weighted by atomic mass is 9.96. The molecule has 2 aromatic rings. The van der Waals surface area contributed by atoms with Crippen molar-refractivity contribution in [3.8, 4) is 0 Å². The van der Waals surface area contributed by atoms with Gasteiger partial charge in [-0.2, -0.15) is 5.10 Å². The summed E-state index contributed by atoms with van der Waals surface area (Å²) in [5.74, 6) is -1.27. The van der Waals surface area contributed by atoms with Crippen LogP contribution in [0.25, 0.3) is 0 Å². The van der Waals surface area contributed by atoms with Gasteiger partial charge in [0, 0.05) is 11.4 Å². The number of nitrogens with one attached hydrogen (secondary N) is 1. The smallest absolute Gasteiger partial charge is 0.326 e. The molecule has 2 aliphatic heterocycles. The molecule has 2 atom stereocenters. The van der Waals surface area contributed by atoms with E-state index in [1.54, 1.807) is 31.2 Å². The van der Waals surface area contributed by atoms with Crippen molar-refractivity contribution in [2.45, 2.75) is 37.8 Å². The number of furan rings is 1. The molecule has 0 bridgehead atoms. The molecule has 1 N–H and O–H groups in total. The number of halogens is 1. The second kappa shape index (κ2) is 8.84. The van der Waals surface area contributed by atoms with E-state index >= 15 is 0 Å².